The van der Waals surface area contributed by atoms with Crippen molar-refractivity contribution in [3.8, 4) is 23.0 Å². The van der Waals surface area contributed by atoms with Gasteiger partial charge < -0.3 is 23.8 Å². The second-order valence-electron chi connectivity index (χ2n) is 6.70. The normalized spacial score (nSPS) is 15.1. The molecule has 27 heavy (non-hydrogen) atoms. The Morgan fingerprint density at radius 2 is 1.70 bits per heavy atom. The van der Waals surface area contributed by atoms with Crippen molar-refractivity contribution >= 4 is 5.91 Å². The van der Waals surface area contributed by atoms with E-state index in [1.807, 2.05) is 35.2 Å². The molecule has 2 aromatic carbocycles. The minimum atomic E-state index is 0.104. The minimum absolute atomic E-state index is 0.104. The van der Waals surface area contributed by atoms with Crippen molar-refractivity contribution < 1.29 is 23.7 Å². The van der Waals surface area contributed by atoms with Gasteiger partial charge in [0.05, 0.1) is 20.6 Å². The molecule has 0 unspecified atom stereocenters. The van der Waals surface area contributed by atoms with Gasteiger partial charge in [0.15, 0.2) is 23.0 Å². The number of hydrogen-bond donors (Lipinski definition) is 0. The average molecular weight is 369 g/mol. The maximum Gasteiger partial charge on any atom is 0.227 e. The van der Waals surface area contributed by atoms with E-state index in [2.05, 4.69) is 0 Å². The van der Waals surface area contributed by atoms with Gasteiger partial charge in [0.1, 0.15) is 13.2 Å². The van der Waals surface area contributed by atoms with Crippen LogP contribution in [0.3, 0.4) is 0 Å². The van der Waals surface area contributed by atoms with Crippen LogP contribution in [-0.4, -0.2) is 44.8 Å². The number of carbonyl (C=O) groups excluding carboxylic acids is 1. The zero-order valence-electron chi connectivity index (χ0n) is 15.6. The topological polar surface area (TPSA) is 57.2 Å². The van der Waals surface area contributed by atoms with Gasteiger partial charge in [-0.15, -0.1) is 0 Å². The highest BCUT2D eigenvalue weighted by Crippen LogP contribution is 2.34. The van der Waals surface area contributed by atoms with E-state index < -0.39 is 0 Å². The molecule has 2 aliphatic heterocycles. The van der Waals surface area contributed by atoms with Crippen molar-refractivity contribution in [3.63, 3.8) is 0 Å². The van der Waals surface area contributed by atoms with Gasteiger partial charge in [-0.1, -0.05) is 6.07 Å². The molecule has 1 amide bonds. The van der Waals surface area contributed by atoms with E-state index in [0.29, 0.717) is 44.2 Å². The third kappa shape index (κ3) is 3.52. The number of carbonyl (C=O) groups is 1. The molecule has 0 saturated carbocycles. The summed E-state index contributed by atoms with van der Waals surface area (Å²) in [5, 5.41) is 0. The summed E-state index contributed by atoms with van der Waals surface area (Å²) in [7, 11) is 3.26. The van der Waals surface area contributed by atoms with Crippen molar-refractivity contribution in [1.82, 2.24) is 4.90 Å². The van der Waals surface area contributed by atoms with E-state index in [4.69, 9.17) is 18.9 Å². The first kappa shape index (κ1) is 17.5. The molecule has 0 saturated heterocycles. The highest BCUT2D eigenvalue weighted by Gasteiger charge is 2.23. The first-order valence-electron chi connectivity index (χ1n) is 9.08. The summed E-state index contributed by atoms with van der Waals surface area (Å²) in [5.74, 6) is 2.98. The van der Waals surface area contributed by atoms with Crippen LogP contribution in [0, 0.1) is 0 Å². The number of hydrogen-bond acceptors (Lipinski definition) is 5. The molecule has 0 radical (unpaired) electrons. The lowest BCUT2D eigenvalue weighted by Gasteiger charge is -2.30. The number of ether oxygens (including phenoxy) is 4. The Morgan fingerprint density at radius 1 is 1.00 bits per heavy atom. The molecule has 6 heteroatoms. The maximum atomic E-state index is 12.8. The van der Waals surface area contributed by atoms with Crippen LogP contribution in [0.1, 0.15) is 16.7 Å². The number of amides is 1. The van der Waals surface area contributed by atoms with Crippen molar-refractivity contribution in [2.45, 2.75) is 19.4 Å². The molecule has 4 rings (SSSR count). The Hall–Kier alpha value is -2.89. The Labute approximate surface area is 158 Å². The van der Waals surface area contributed by atoms with E-state index in [-0.39, 0.29) is 5.91 Å². The summed E-state index contributed by atoms with van der Waals surface area (Å²) < 4.78 is 21.9. The predicted molar refractivity (Wildman–Crippen MR) is 99.8 cm³/mol. The van der Waals surface area contributed by atoms with E-state index in [1.165, 1.54) is 5.56 Å². The molecule has 0 aromatic heterocycles. The van der Waals surface area contributed by atoms with Gasteiger partial charge in [-0.05, 0) is 47.4 Å². The highest BCUT2D eigenvalue weighted by molar-refractivity contribution is 5.79. The van der Waals surface area contributed by atoms with E-state index in [9.17, 15) is 4.79 Å². The smallest absolute Gasteiger partial charge is 0.227 e. The van der Waals surface area contributed by atoms with Crippen molar-refractivity contribution in [2.75, 3.05) is 34.0 Å². The molecular weight excluding hydrogens is 346 g/mol. The largest absolute Gasteiger partial charge is 0.493 e. The quantitative estimate of drug-likeness (QED) is 0.829. The third-order valence-electron chi connectivity index (χ3n) is 5.03. The number of fused-ring (bicyclic) bond motifs is 2. The Bertz CT molecular complexity index is 864. The molecule has 2 aromatic rings. The Kier molecular flexibility index (Phi) is 4.79. The van der Waals surface area contributed by atoms with Crippen LogP contribution in [-0.2, 0) is 24.2 Å². The average Bonchev–Trinajstić information content (AvgIpc) is 2.72. The van der Waals surface area contributed by atoms with Crippen LogP contribution in [0.15, 0.2) is 30.3 Å². The van der Waals surface area contributed by atoms with Gasteiger partial charge in [0, 0.05) is 13.1 Å². The zero-order chi connectivity index (χ0) is 18.8. The zero-order valence-corrected chi connectivity index (χ0v) is 15.6. The number of rotatable bonds is 4. The number of nitrogens with zero attached hydrogens (tertiary/aromatic N) is 1. The SMILES string of the molecule is COc1cc2c(cc1OC)CN(C(=O)Cc1ccc3c(c1)OCCO3)CC2. The fraction of sp³-hybridized carbons (Fsp3) is 0.381. The van der Waals surface area contributed by atoms with E-state index in [1.54, 1.807) is 14.2 Å². The Morgan fingerprint density at radius 3 is 2.44 bits per heavy atom. The summed E-state index contributed by atoms with van der Waals surface area (Å²) in [6.07, 6.45) is 1.15. The molecule has 0 fully saturated rings. The Balaban J connectivity index is 1.48. The fourth-order valence-corrected chi connectivity index (χ4v) is 3.58. The van der Waals surface area contributed by atoms with Gasteiger partial charge >= 0.3 is 0 Å². The maximum absolute atomic E-state index is 12.8. The van der Waals surface area contributed by atoms with E-state index in [0.717, 1.165) is 29.0 Å². The molecule has 6 nitrogen and oxygen atoms in total. The molecule has 0 aliphatic carbocycles. The van der Waals surface area contributed by atoms with Crippen LogP contribution in [0.5, 0.6) is 23.0 Å². The van der Waals surface area contributed by atoms with Gasteiger partial charge in [-0.3, -0.25) is 4.79 Å². The standard InChI is InChI=1S/C21H23NO5/c1-24-18-11-15-5-6-22(13-16(15)12-19(18)25-2)21(23)10-14-3-4-17-20(9-14)27-8-7-26-17/h3-4,9,11-12H,5-8,10,13H2,1-2H3. The lowest BCUT2D eigenvalue weighted by atomic mass is 9.98. The molecule has 2 heterocycles. The van der Waals surface area contributed by atoms with Crippen LogP contribution < -0.4 is 18.9 Å². The second-order valence-corrected chi connectivity index (χ2v) is 6.70. The predicted octanol–water partition coefficient (Wildman–Crippen LogP) is 2.60. The minimum Gasteiger partial charge on any atom is -0.493 e. The van der Waals surface area contributed by atoms with E-state index >= 15 is 0 Å². The van der Waals surface area contributed by atoms with Crippen LogP contribution >= 0.6 is 0 Å². The van der Waals surface area contributed by atoms with Gasteiger partial charge in [0.2, 0.25) is 5.91 Å². The first-order valence-corrected chi connectivity index (χ1v) is 9.08. The lowest BCUT2D eigenvalue weighted by molar-refractivity contribution is -0.131. The fourth-order valence-electron chi connectivity index (χ4n) is 3.58. The summed E-state index contributed by atoms with van der Waals surface area (Å²) >= 11 is 0. The summed E-state index contributed by atoms with van der Waals surface area (Å²) in [4.78, 5) is 14.7. The lowest BCUT2D eigenvalue weighted by Crippen LogP contribution is -2.37. The summed E-state index contributed by atoms with van der Waals surface area (Å²) in [5.41, 5.74) is 3.24. The van der Waals surface area contributed by atoms with Crippen molar-refractivity contribution in [1.29, 1.82) is 0 Å². The van der Waals surface area contributed by atoms with Gasteiger partial charge in [-0.2, -0.15) is 0 Å². The third-order valence-corrected chi connectivity index (χ3v) is 5.03. The summed E-state index contributed by atoms with van der Waals surface area (Å²) in [6.45, 7) is 2.39. The molecular formula is C21H23NO5. The van der Waals surface area contributed by atoms with Crippen LogP contribution in [0.2, 0.25) is 0 Å². The van der Waals surface area contributed by atoms with Crippen molar-refractivity contribution in [3.05, 3.63) is 47.0 Å². The molecule has 0 N–H and O–H groups in total. The van der Waals surface area contributed by atoms with Gasteiger partial charge in [0.25, 0.3) is 0 Å². The second kappa shape index (κ2) is 7.39. The van der Waals surface area contributed by atoms with Crippen LogP contribution in [0.25, 0.3) is 0 Å². The molecule has 2 aliphatic rings. The highest BCUT2D eigenvalue weighted by atomic mass is 16.6. The number of methoxy groups -OCH3 is 2. The molecule has 0 bridgehead atoms. The van der Waals surface area contributed by atoms with Gasteiger partial charge in [-0.25, -0.2) is 0 Å². The molecule has 0 atom stereocenters. The van der Waals surface area contributed by atoms with Crippen LogP contribution in [0.4, 0.5) is 0 Å². The molecule has 0 spiro atoms. The number of benzene rings is 2. The summed E-state index contributed by atoms with van der Waals surface area (Å²) in [6, 6.07) is 9.68. The van der Waals surface area contributed by atoms with Crippen molar-refractivity contribution in [2.24, 2.45) is 0 Å². The first-order chi connectivity index (χ1) is 13.2. The monoisotopic (exact) mass is 369 g/mol. The molecule has 142 valence electrons.